The van der Waals surface area contributed by atoms with Gasteiger partial charge in [-0.05, 0) is 37.6 Å². The summed E-state index contributed by atoms with van der Waals surface area (Å²) < 4.78 is 0. The van der Waals surface area contributed by atoms with Crippen molar-refractivity contribution in [1.29, 1.82) is 0 Å². The van der Waals surface area contributed by atoms with Crippen LogP contribution >= 0.6 is 0 Å². The summed E-state index contributed by atoms with van der Waals surface area (Å²) in [6, 6.07) is 7.77. The topological polar surface area (TPSA) is 49.5 Å². The second kappa shape index (κ2) is 4.84. The van der Waals surface area contributed by atoms with Gasteiger partial charge in [0.15, 0.2) is 0 Å². The Labute approximate surface area is 78.7 Å². The molecule has 0 unspecified atom stereocenters. The molecule has 0 aliphatic carbocycles. The van der Waals surface area contributed by atoms with Crippen LogP contribution in [0.4, 0.5) is 5.69 Å². The highest BCUT2D eigenvalue weighted by molar-refractivity contribution is 5.44. The van der Waals surface area contributed by atoms with E-state index < -0.39 is 0 Å². The number of benzene rings is 1. The molecule has 0 atom stereocenters. The molecule has 3 heteroatoms. The Bertz CT molecular complexity index is 246. The van der Waals surface area contributed by atoms with E-state index in [0.29, 0.717) is 13.1 Å². The second-order valence-electron chi connectivity index (χ2n) is 2.92. The van der Waals surface area contributed by atoms with E-state index in [1.54, 1.807) is 0 Å². The highest BCUT2D eigenvalue weighted by Crippen LogP contribution is 2.13. The standard InChI is InChI=1S/C10H16N2O/c1-2-12(13)10-5-3-9(4-6-10)7-8-11/h3-6,13H,2,7-8,11H2,1H3. The normalized spacial score (nSPS) is 10.1. The predicted octanol–water partition coefficient (Wildman–Crippen LogP) is 1.40. The average Bonchev–Trinajstić information content (AvgIpc) is 2.18. The molecule has 0 saturated heterocycles. The van der Waals surface area contributed by atoms with Gasteiger partial charge in [-0.25, -0.2) is 0 Å². The van der Waals surface area contributed by atoms with E-state index in [-0.39, 0.29) is 0 Å². The summed E-state index contributed by atoms with van der Waals surface area (Å²) in [5.74, 6) is 0. The minimum absolute atomic E-state index is 0.593. The summed E-state index contributed by atoms with van der Waals surface area (Å²) in [6.45, 7) is 3.15. The smallest absolute Gasteiger partial charge is 0.0634 e. The molecule has 0 aliphatic heterocycles. The molecular formula is C10H16N2O. The molecule has 0 saturated carbocycles. The first-order valence-electron chi connectivity index (χ1n) is 4.53. The third kappa shape index (κ3) is 2.72. The van der Waals surface area contributed by atoms with Crippen molar-refractivity contribution in [3.8, 4) is 0 Å². The molecule has 0 radical (unpaired) electrons. The fourth-order valence-corrected chi connectivity index (χ4v) is 1.18. The third-order valence-corrected chi connectivity index (χ3v) is 1.97. The zero-order chi connectivity index (χ0) is 9.68. The van der Waals surface area contributed by atoms with Crippen molar-refractivity contribution in [2.75, 3.05) is 18.2 Å². The lowest BCUT2D eigenvalue weighted by Gasteiger charge is -2.14. The number of hydroxylamine groups is 1. The van der Waals surface area contributed by atoms with Gasteiger partial charge in [0.2, 0.25) is 0 Å². The minimum atomic E-state index is 0.593. The Hall–Kier alpha value is -1.06. The van der Waals surface area contributed by atoms with Gasteiger partial charge < -0.3 is 5.73 Å². The lowest BCUT2D eigenvalue weighted by molar-refractivity contribution is 0.260. The summed E-state index contributed by atoms with van der Waals surface area (Å²) in [7, 11) is 0. The lowest BCUT2D eigenvalue weighted by Crippen LogP contribution is -2.16. The third-order valence-electron chi connectivity index (χ3n) is 1.97. The van der Waals surface area contributed by atoms with Crippen molar-refractivity contribution in [2.45, 2.75) is 13.3 Å². The molecule has 0 bridgehead atoms. The fourth-order valence-electron chi connectivity index (χ4n) is 1.18. The van der Waals surface area contributed by atoms with Crippen molar-refractivity contribution < 1.29 is 5.21 Å². The van der Waals surface area contributed by atoms with Crippen LogP contribution in [-0.2, 0) is 6.42 Å². The molecule has 1 rings (SSSR count). The van der Waals surface area contributed by atoms with Crippen molar-refractivity contribution in [1.82, 2.24) is 0 Å². The molecule has 0 spiro atoms. The first-order chi connectivity index (χ1) is 6.27. The van der Waals surface area contributed by atoms with Crippen molar-refractivity contribution in [2.24, 2.45) is 5.73 Å². The van der Waals surface area contributed by atoms with E-state index in [9.17, 15) is 5.21 Å². The van der Waals surface area contributed by atoms with Gasteiger partial charge in [-0.3, -0.25) is 10.3 Å². The number of anilines is 1. The fraction of sp³-hybridized carbons (Fsp3) is 0.400. The molecule has 13 heavy (non-hydrogen) atoms. The van der Waals surface area contributed by atoms with Crippen LogP contribution in [0.5, 0.6) is 0 Å². The summed E-state index contributed by atoms with van der Waals surface area (Å²) in [5.41, 5.74) is 7.45. The Morgan fingerprint density at radius 3 is 2.38 bits per heavy atom. The maximum Gasteiger partial charge on any atom is 0.0634 e. The second-order valence-corrected chi connectivity index (χ2v) is 2.92. The predicted molar refractivity (Wildman–Crippen MR) is 54.0 cm³/mol. The van der Waals surface area contributed by atoms with Crippen LogP contribution in [0, 0.1) is 0 Å². The molecule has 0 aromatic heterocycles. The van der Waals surface area contributed by atoms with Crippen molar-refractivity contribution in [3.63, 3.8) is 0 Å². The Morgan fingerprint density at radius 1 is 1.31 bits per heavy atom. The summed E-state index contributed by atoms with van der Waals surface area (Å²) in [4.78, 5) is 0. The number of nitrogens with two attached hydrogens (primary N) is 1. The molecule has 3 nitrogen and oxygen atoms in total. The largest absolute Gasteiger partial charge is 0.330 e. The zero-order valence-electron chi connectivity index (χ0n) is 7.90. The number of hydrogen-bond donors (Lipinski definition) is 2. The van der Waals surface area contributed by atoms with Gasteiger partial charge in [0, 0.05) is 6.54 Å². The van der Waals surface area contributed by atoms with Crippen LogP contribution < -0.4 is 10.8 Å². The highest BCUT2D eigenvalue weighted by atomic mass is 16.5. The molecule has 1 aromatic rings. The molecule has 1 aromatic carbocycles. The molecule has 3 N–H and O–H groups in total. The van der Waals surface area contributed by atoms with Gasteiger partial charge in [0.1, 0.15) is 0 Å². The van der Waals surface area contributed by atoms with Gasteiger partial charge in [-0.2, -0.15) is 0 Å². The first-order valence-corrected chi connectivity index (χ1v) is 4.53. The number of rotatable bonds is 4. The van der Waals surface area contributed by atoms with Gasteiger partial charge in [-0.15, -0.1) is 0 Å². The van der Waals surface area contributed by atoms with Crippen molar-refractivity contribution >= 4 is 5.69 Å². The Balaban J connectivity index is 2.69. The number of nitrogens with zero attached hydrogens (tertiary/aromatic N) is 1. The summed E-state index contributed by atoms with van der Waals surface area (Å²) in [5, 5.41) is 10.6. The molecule has 72 valence electrons. The van der Waals surface area contributed by atoms with E-state index in [1.165, 1.54) is 10.6 Å². The minimum Gasteiger partial charge on any atom is -0.330 e. The van der Waals surface area contributed by atoms with Gasteiger partial charge in [-0.1, -0.05) is 12.1 Å². The van der Waals surface area contributed by atoms with E-state index in [1.807, 2.05) is 31.2 Å². The van der Waals surface area contributed by atoms with Crippen molar-refractivity contribution in [3.05, 3.63) is 29.8 Å². The van der Waals surface area contributed by atoms with Gasteiger partial charge in [0.05, 0.1) is 5.69 Å². The quantitative estimate of drug-likeness (QED) is 0.689. The monoisotopic (exact) mass is 180 g/mol. The lowest BCUT2D eigenvalue weighted by atomic mass is 10.1. The highest BCUT2D eigenvalue weighted by Gasteiger charge is 1.98. The first kappa shape index (κ1) is 10.0. The maximum atomic E-state index is 9.36. The Kier molecular flexibility index (Phi) is 3.73. The molecule has 0 heterocycles. The summed E-state index contributed by atoms with van der Waals surface area (Å²) in [6.07, 6.45) is 0.887. The molecule has 0 fully saturated rings. The zero-order valence-corrected chi connectivity index (χ0v) is 7.90. The van der Waals surface area contributed by atoms with Crippen LogP contribution in [0.25, 0.3) is 0 Å². The van der Waals surface area contributed by atoms with Crippen LogP contribution in [-0.4, -0.2) is 18.3 Å². The van der Waals surface area contributed by atoms with Gasteiger partial charge in [0.25, 0.3) is 0 Å². The van der Waals surface area contributed by atoms with E-state index >= 15 is 0 Å². The van der Waals surface area contributed by atoms with Crippen LogP contribution in [0.2, 0.25) is 0 Å². The summed E-state index contributed by atoms with van der Waals surface area (Å²) >= 11 is 0. The van der Waals surface area contributed by atoms with Crippen LogP contribution in [0.3, 0.4) is 0 Å². The maximum absolute atomic E-state index is 9.36. The van der Waals surface area contributed by atoms with Gasteiger partial charge >= 0.3 is 0 Å². The number of hydrogen-bond acceptors (Lipinski definition) is 3. The molecule has 0 amide bonds. The molecule has 0 aliphatic rings. The average molecular weight is 180 g/mol. The van der Waals surface area contributed by atoms with E-state index in [0.717, 1.165) is 12.1 Å². The molecular weight excluding hydrogens is 164 g/mol. The Morgan fingerprint density at radius 2 is 1.92 bits per heavy atom. The SMILES string of the molecule is CCN(O)c1ccc(CCN)cc1. The van der Waals surface area contributed by atoms with Crippen LogP contribution in [0.1, 0.15) is 12.5 Å². The van der Waals surface area contributed by atoms with Crippen LogP contribution in [0.15, 0.2) is 24.3 Å². The van der Waals surface area contributed by atoms with E-state index in [2.05, 4.69) is 0 Å². The van der Waals surface area contributed by atoms with E-state index in [4.69, 9.17) is 5.73 Å².